The summed E-state index contributed by atoms with van der Waals surface area (Å²) in [6.45, 7) is 7.99. The van der Waals surface area contributed by atoms with Gasteiger partial charge in [-0.05, 0) is 67.8 Å². The van der Waals surface area contributed by atoms with Crippen molar-refractivity contribution in [1.29, 1.82) is 0 Å². The minimum atomic E-state index is 0.235. The van der Waals surface area contributed by atoms with Crippen molar-refractivity contribution in [3.8, 4) is 0 Å². The van der Waals surface area contributed by atoms with Crippen LogP contribution in [0, 0.1) is 5.41 Å². The van der Waals surface area contributed by atoms with Crippen molar-refractivity contribution in [3.63, 3.8) is 0 Å². The largest absolute Gasteiger partial charge is 0.312 e. The summed E-state index contributed by atoms with van der Waals surface area (Å²) in [4.78, 5) is 0. The van der Waals surface area contributed by atoms with E-state index in [0.717, 1.165) is 0 Å². The Labute approximate surface area is 116 Å². The van der Waals surface area contributed by atoms with Gasteiger partial charge in [-0.2, -0.15) is 11.3 Å². The summed E-state index contributed by atoms with van der Waals surface area (Å²) in [5.74, 6) is 0. The molecule has 1 nitrogen and oxygen atoms in total. The van der Waals surface area contributed by atoms with Gasteiger partial charge in [-0.15, -0.1) is 0 Å². The lowest BCUT2D eigenvalue weighted by Gasteiger charge is -2.40. The minimum absolute atomic E-state index is 0.235. The molecule has 1 saturated carbocycles. The lowest BCUT2D eigenvalue weighted by Crippen LogP contribution is -2.45. The fraction of sp³-hybridized carbons (Fsp3) is 0.750. The van der Waals surface area contributed by atoms with Crippen LogP contribution in [0.5, 0.6) is 0 Å². The molecule has 0 aromatic carbocycles. The molecule has 1 aromatic rings. The van der Waals surface area contributed by atoms with Gasteiger partial charge in [0.1, 0.15) is 0 Å². The molecule has 0 aliphatic heterocycles. The van der Waals surface area contributed by atoms with Gasteiger partial charge in [0, 0.05) is 12.1 Å². The number of hydrogen-bond acceptors (Lipinski definition) is 2. The standard InChI is InChI=1S/C16H27NS/c1-15(2,3)17-13-16(8-5-4-6-9-16)11-14-7-10-18-12-14/h7,10,12,17H,4-6,8-9,11,13H2,1-3H3. The molecule has 102 valence electrons. The van der Waals surface area contributed by atoms with Gasteiger partial charge in [-0.3, -0.25) is 0 Å². The topological polar surface area (TPSA) is 12.0 Å². The first-order valence-corrected chi connectivity index (χ1v) is 8.20. The SMILES string of the molecule is CC(C)(C)NCC1(Cc2ccsc2)CCCCC1. The zero-order chi connectivity index (χ0) is 13.1. The number of thiophene rings is 1. The van der Waals surface area contributed by atoms with Gasteiger partial charge in [0.15, 0.2) is 0 Å². The van der Waals surface area contributed by atoms with Gasteiger partial charge < -0.3 is 5.32 Å². The van der Waals surface area contributed by atoms with E-state index in [1.807, 2.05) is 11.3 Å². The van der Waals surface area contributed by atoms with Crippen LogP contribution < -0.4 is 5.32 Å². The van der Waals surface area contributed by atoms with Gasteiger partial charge >= 0.3 is 0 Å². The molecule has 1 aromatic heterocycles. The number of hydrogen-bond donors (Lipinski definition) is 1. The number of nitrogens with one attached hydrogen (secondary N) is 1. The Morgan fingerprint density at radius 1 is 1.22 bits per heavy atom. The van der Waals surface area contributed by atoms with Crippen molar-refractivity contribution in [2.24, 2.45) is 5.41 Å². The normalized spacial score (nSPS) is 19.9. The summed E-state index contributed by atoms with van der Waals surface area (Å²) in [7, 11) is 0. The van der Waals surface area contributed by atoms with Crippen LogP contribution in [0.3, 0.4) is 0 Å². The highest BCUT2D eigenvalue weighted by molar-refractivity contribution is 7.07. The molecule has 1 heterocycles. The van der Waals surface area contributed by atoms with E-state index < -0.39 is 0 Å². The zero-order valence-electron chi connectivity index (χ0n) is 12.1. The summed E-state index contributed by atoms with van der Waals surface area (Å²) in [5, 5.41) is 8.29. The highest BCUT2D eigenvalue weighted by atomic mass is 32.1. The predicted molar refractivity (Wildman–Crippen MR) is 81.3 cm³/mol. The average molecular weight is 265 g/mol. The summed E-state index contributed by atoms with van der Waals surface area (Å²) < 4.78 is 0. The third-order valence-electron chi connectivity index (χ3n) is 4.07. The molecule has 18 heavy (non-hydrogen) atoms. The molecule has 1 fully saturated rings. The molecule has 0 bridgehead atoms. The second kappa shape index (κ2) is 5.75. The minimum Gasteiger partial charge on any atom is -0.312 e. The van der Waals surface area contributed by atoms with Crippen LogP contribution in [0.4, 0.5) is 0 Å². The molecule has 0 radical (unpaired) electrons. The lowest BCUT2D eigenvalue weighted by molar-refractivity contribution is 0.165. The van der Waals surface area contributed by atoms with Crippen LogP contribution in [0.1, 0.15) is 58.4 Å². The Morgan fingerprint density at radius 2 is 1.94 bits per heavy atom. The van der Waals surface area contributed by atoms with Crippen LogP contribution >= 0.6 is 11.3 Å². The Hall–Kier alpha value is -0.340. The van der Waals surface area contributed by atoms with Crippen molar-refractivity contribution in [3.05, 3.63) is 22.4 Å². The molecule has 1 aliphatic carbocycles. The summed E-state index contributed by atoms with van der Waals surface area (Å²) >= 11 is 1.83. The van der Waals surface area contributed by atoms with E-state index >= 15 is 0 Å². The van der Waals surface area contributed by atoms with Gasteiger partial charge in [0.2, 0.25) is 0 Å². The highest BCUT2D eigenvalue weighted by Crippen LogP contribution is 2.39. The maximum atomic E-state index is 3.75. The van der Waals surface area contributed by atoms with Crippen molar-refractivity contribution in [2.45, 2.75) is 64.8 Å². The smallest absolute Gasteiger partial charge is 0.00967 e. The summed E-state index contributed by atoms with van der Waals surface area (Å²) in [5.41, 5.74) is 2.28. The second-order valence-electron chi connectivity index (χ2n) is 6.97. The first-order chi connectivity index (χ1) is 8.49. The molecular formula is C16H27NS. The Balaban J connectivity index is 2.02. The first-order valence-electron chi connectivity index (χ1n) is 7.25. The maximum absolute atomic E-state index is 3.75. The third-order valence-corrected chi connectivity index (χ3v) is 4.80. The van der Waals surface area contributed by atoms with Gasteiger partial charge in [0.05, 0.1) is 0 Å². The maximum Gasteiger partial charge on any atom is 0.00967 e. The molecule has 1 aliphatic rings. The molecule has 0 atom stereocenters. The summed E-state index contributed by atoms with van der Waals surface area (Å²) in [6, 6.07) is 2.30. The van der Waals surface area contributed by atoms with Crippen LogP contribution in [0.25, 0.3) is 0 Å². The third kappa shape index (κ3) is 4.10. The number of rotatable bonds is 4. The van der Waals surface area contributed by atoms with Gasteiger partial charge in [-0.25, -0.2) is 0 Å². The van der Waals surface area contributed by atoms with Crippen LogP contribution in [0.15, 0.2) is 16.8 Å². The quantitative estimate of drug-likeness (QED) is 0.837. The fourth-order valence-electron chi connectivity index (χ4n) is 3.00. The zero-order valence-corrected chi connectivity index (χ0v) is 12.9. The van der Waals surface area contributed by atoms with E-state index in [1.54, 1.807) is 0 Å². The molecule has 0 saturated heterocycles. The lowest BCUT2D eigenvalue weighted by atomic mass is 9.70. The van der Waals surface area contributed by atoms with Crippen molar-refractivity contribution in [1.82, 2.24) is 5.32 Å². The van der Waals surface area contributed by atoms with E-state index in [2.05, 4.69) is 42.9 Å². The molecular weight excluding hydrogens is 238 g/mol. The molecule has 1 N–H and O–H groups in total. The Kier molecular flexibility index (Phi) is 4.50. The van der Waals surface area contributed by atoms with Crippen LogP contribution in [-0.2, 0) is 6.42 Å². The second-order valence-corrected chi connectivity index (χ2v) is 7.75. The first kappa shape index (κ1) is 14.1. The van der Waals surface area contributed by atoms with Crippen LogP contribution in [0.2, 0.25) is 0 Å². The fourth-order valence-corrected chi connectivity index (χ4v) is 3.67. The average Bonchev–Trinajstić information content (AvgIpc) is 2.80. The Bertz CT molecular complexity index is 342. The van der Waals surface area contributed by atoms with Crippen molar-refractivity contribution < 1.29 is 0 Å². The van der Waals surface area contributed by atoms with E-state index in [9.17, 15) is 0 Å². The molecule has 2 rings (SSSR count). The summed E-state index contributed by atoms with van der Waals surface area (Å²) in [6.07, 6.45) is 8.31. The van der Waals surface area contributed by atoms with Crippen LogP contribution in [-0.4, -0.2) is 12.1 Å². The highest BCUT2D eigenvalue weighted by Gasteiger charge is 2.33. The molecule has 0 amide bonds. The predicted octanol–water partition coefficient (Wildman–Crippen LogP) is 4.63. The van der Waals surface area contributed by atoms with E-state index in [4.69, 9.17) is 0 Å². The van der Waals surface area contributed by atoms with E-state index in [-0.39, 0.29) is 5.54 Å². The molecule has 0 spiro atoms. The van der Waals surface area contributed by atoms with Crippen molar-refractivity contribution in [2.75, 3.05) is 6.54 Å². The van der Waals surface area contributed by atoms with Gasteiger partial charge in [0.25, 0.3) is 0 Å². The molecule has 0 unspecified atom stereocenters. The van der Waals surface area contributed by atoms with E-state index in [0.29, 0.717) is 5.41 Å². The Morgan fingerprint density at radius 3 is 2.50 bits per heavy atom. The van der Waals surface area contributed by atoms with Crippen molar-refractivity contribution >= 4 is 11.3 Å². The van der Waals surface area contributed by atoms with E-state index in [1.165, 1.54) is 50.6 Å². The van der Waals surface area contributed by atoms with Gasteiger partial charge in [-0.1, -0.05) is 19.3 Å². The molecule has 2 heteroatoms. The monoisotopic (exact) mass is 265 g/mol.